The average molecular weight is 318 g/mol. The summed E-state index contributed by atoms with van der Waals surface area (Å²) in [6.07, 6.45) is 3.19. The first-order valence-corrected chi connectivity index (χ1v) is 7.14. The van der Waals surface area contributed by atoms with Crippen LogP contribution in [-0.2, 0) is 0 Å². The molecule has 1 fully saturated rings. The highest BCUT2D eigenvalue weighted by Crippen LogP contribution is 2.40. The first-order valence-electron chi connectivity index (χ1n) is 6.35. The molecule has 0 spiro atoms. The van der Waals surface area contributed by atoms with Crippen molar-refractivity contribution in [2.45, 2.75) is 32.2 Å². The first-order chi connectivity index (χ1) is 8.54. The normalized spacial score (nSPS) is 25.4. The summed E-state index contributed by atoms with van der Waals surface area (Å²) in [5, 5.41) is 3.09. The van der Waals surface area contributed by atoms with Crippen molar-refractivity contribution in [2.75, 3.05) is 7.05 Å². The molecular weight excluding hydrogens is 300 g/mol. The molecule has 1 aliphatic rings. The summed E-state index contributed by atoms with van der Waals surface area (Å²) in [6.45, 7) is 2.19. The van der Waals surface area contributed by atoms with Crippen LogP contribution in [-0.4, -0.2) is 7.05 Å². The Hall–Kier alpha value is -0.480. The average Bonchev–Trinajstić information content (AvgIpc) is 2.76. The Morgan fingerprint density at radius 2 is 2.06 bits per heavy atom. The molecule has 3 unspecified atom stereocenters. The second-order valence-corrected chi connectivity index (χ2v) is 6.06. The second kappa shape index (κ2) is 5.66. The maximum absolute atomic E-state index is 14.1. The Labute approximate surface area is 115 Å². The van der Waals surface area contributed by atoms with E-state index in [1.165, 1.54) is 12.1 Å². The van der Waals surface area contributed by atoms with Crippen LogP contribution < -0.4 is 5.32 Å². The molecule has 0 aliphatic heterocycles. The number of benzene rings is 1. The van der Waals surface area contributed by atoms with Crippen LogP contribution >= 0.6 is 15.9 Å². The Bertz CT molecular complexity index is 436. The fourth-order valence-electron chi connectivity index (χ4n) is 3.00. The fraction of sp³-hybridized carbons (Fsp3) is 0.571. The molecule has 2 rings (SSSR count). The van der Waals surface area contributed by atoms with E-state index in [-0.39, 0.29) is 11.6 Å². The maximum Gasteiger partial charge on any atom is 0.145 e. The van der Waals surface area contributed by atoms with Crippen LogP contribution in [0.3, 0.4) is 0 Å². The van der Waals surface area contributed by atoms with E-state index in [4.69, 9.17) is 0 Å². The molecule has 0 amide bonds. The molecule has 100 valence electrons. The molecule has 18 heavy (non-hydrogen) atoms. The van der Waals surface area contributed by atoms with E-state index in [9.17, 15) is 8.78 Å². The molecule has 0 aromatic heterocycles. The first kappa shape index (κ1) is 13.9. The van der Waals surface area contributed by atoms with E-state index in [0.29, 0.717) is 16.3 Å². The van der Waals surface area contributed by atoms with Crippen LogP contribution in [0.4, 0.5) is 8.78 Å². The summed E-state index contributed by atoms with van der Waals surface area (Å²) in [5.74, 6) is 0.0101. The molecule has 0 bridgehead atoms. The second-order valence-electron chi connectivity index (χ2n) is 5.20. The van der Waals surface area contributed by atoms with Crippen LogP contribution in [0.2, 0.25) is 0 Å². The fourth-order valence-corrected chi connectivity index (χ4v) is 3.34. The quantitative estimate of drug-likeness (QED) is 0.813. The van der Waals surface area contributed by atoms with Gasteiger partial charge in [0.15, 0.2) is 0 Å². The van der Waals surface area contributed by atoms with Gasteiger partial charge < -0.3 is 5.32 Å². The third-order valence-electron chi connectivity index (χ3n) is 3.91. The van der Waals surface area contributed by atoms with Crippen LogP contribution in [0, 0.1) is 23.5 Å². The lowest BCUT2D eigenvalue weighted by molar-refractivity contribution is 0.355. The van der Waals surface area contributed by atoms with Gasteiger partial charge in [0, 0.05) is 11.6 Å². The Morgan fingerprint density at radius 3 is 2.61 bits per heavy atom. The smallest absolute Gasteiger partial charge is 0.145 e. The Kier molecular flexibility index (Phi) is 4.38. The molecule has 1 N–H and O–H groups in total. The zero-order chi connectivity index (χ0) is 13.3. The zero-order valence-electron chi connectivity index (χ0n) is 10.6. The molecule has 4 heteroatoms. The van der Waals surface area contributed by atoms with Gasteiger partial charge in [-0.3, -0.25) is 0 Å². The van der Waals surface area contributed by atoms with Gasteiger partial charge in [-0.25, -0.2) is 8.78 Å². The minimum atomic E-state index is -0.478. The van der Waals surface area contributed by atoms with Crippen molar-refractivity contribution in [1.82, 2.24) is 5.32 Å². The molecule has 0 heterocycles. The number of nitrogens with one attached hydrogen (secondary N) is 1. The molecule has 1 aliphatic carbocycles. The van der Waals surface area contributed by atoms with Crippen molar-refractivity contribution < 1.29 is 8.78 Å². The van der Waals surface area contributed by atoms with Crippen LogP contribution in [0.25, 0.3) is 0 Å². The molecule has 3 atom stereocenters. The van der Waals surface area contributed by atoms with E-state index in [1.54, 1.807) is 7.05 Å². The predicted molar refractivity (Wildman–Crippen MR) is 72.4 cm³/mol. The van der Waals surface area contributed by atoms with Crippen molar-refractivity contribution in [3.63, 3.8) is 0 Å². The van der Waals surface area contributed by atoms with E-state index >= 15 is 0 Å². The predicted octanol–water partition coefficient (Wildman–Crippen LogP) is 4.42. The summed E-state index contributed by atoms with van der Waals surface area (Å²) in [4.78, 5) is 0. The van der Waals surface area contributed by atoms with Gasteiger partial charge in [0.1, 0.15) is 11.6 Å². The van der Waals surface area contributed by atoms with Crippen molar-refractivity contribution in [2.24, 2.45) is 11.8 Å². The van der Waals surface area contributed by atoms with E-state index in [0.717, 1.165) is 19.3 Å². The van der Waals surface area contributed by atoms with Gasteiger partial charge in [0.05, 0.1) is 4.47 Å². The zero-order valence-corrected chi connectivity index (χ0v) is 12.2. The van der Waals surface area contributed by atoms with Crippen LogP contribution in [0.1, 0.15) is 37.8 Å². The van der Waals surface area contributed by atoms with E-state index < -0.39 is 11.6 Å². The number of rotatable bonds is 3. The summed E-state index contributed by atoms with van der Waals surface area (Å²) in [5.41, 5.74) is 0.172. The largest absolute Gasteiger partial charge is 0.313 e. The van der Waals surface area contributed by atoms with Gasteiger partial charge in [-0.2, -0.15) is 0 Å². The van der Waals surface area contributed by atoms with Crippen molar-refractivity contribution in [3.05, 3.63) is 33.8 Å². The number of hydrogen-bond acceptors (Lipinski definition) is 1. The van der Waals surface area contributed by atoms with Crippen molar-refractivity contribution in [1.29, 1.82) is 0 Å². The Balaban J connectivity index is 2.36. The molecule has 1 aromatic rings. The standard InChI is InChI=1S/C14H18BrF2N/c1-8-3-4-9(7-8)14(18-2)12-11(16)6-5-10(15)13(12)17/h5-6,8-9,14,18H,3-4,7H2,1-2H3. The van der Waals surface area contributed by atoms with Gasteiger partial charge >= 0.3 is 0 Å². The lowest BCUT2D eigenvalue weighted by Gasteiger charge is -2.25. The molecule has 1 aromatic carbocycles. The highest BCUT2D eigenvalue weighted by molar-refractivity contribution is 9.10. The van der Waals surface area contributed by atoms with Gasteiger partial charge in [-0.15, -0.1) is 0 Å². The number of halogens is 3. The SMILES string of the molecule is CNC(c1c(F)ccc(Br)c1F)C1CCC(C)C1. The topological polar surface area (TPSA) is 12.0 Å². The highest BCUT2D eigenvalue weighted by Gasteiger charge is 2.32. The Morgan fingerprint density at radius 1 is 1.33 bits per heavy atom. The molecular formula is C14H18BrF2N. The highest BCUT2D eigenvalue weighted by atomic mass is 79.9. The van der Waals surface area contributed by atoms with Gasteiger partial charge in [0.25, 0.3) is 0 Å². The maximum atomic E-state index is 14.1. The molecule has 1 saturated carbocycles. The molecule has 1 nitrogen and oxygen atoms in total. The third-order valence-corrected chi connectivity index (χ3v) is 4.52. The lowest BCUT2D eigenvalue weighted by atomic mass is 9.90. The monoisotopic (exact) mass is 317 g/mol. The van der Waals surface area contributed by atoms with Crippen LogP contribution in [0.5, 0.6) is 0 Å². The summed E-state index contributed by atoms with van der Waals surface area (Å²) < 4.78 is 28.4. The third kappa shape index (κ3) is 2.59. The van der Waals surface area contributed by atoms with E-state index in [1.807, 2.05) is 0 Å². The summed E-state index contributed by atoms with van der Waals surface area (Å²) in [6, 6.07) is 2.50. The van der Waals surface area contributed by atoms with Crippen molar-refractivity contribution >= 4 is 15.9 Å². The summed E-state index contributed by atoms with van der Waals surface area (Å²) >= 11 is 3.13. The molecule has 0 saturated heterocycles. The summed E-state index contributed by atoms with van der Waals surface area (Å²) in [7, 11) is 1.77. The van der Waals surface area contributed by atoms with Gasteiger partial charge in [-0.05, 0) is 59.8 Å². The van der Waals surface area contributed by atoms with E-state index in [2.05, 4.69) is 28.2 Å². The lowest BCUT2D eigenvalue weighted by Crippen LogP contribution is -2.26. The minimum absolute atomic E-state index is 0.172. The molecule has 0 radical (unpaired) electrons. The van der Waals surface area contributed by atoms with Gasteiger partial charge in [-0.1, -0.05) is 13.3 Å². The number of hydrogen-bond donors (Lipinski definition) is 1. The van der Waals surface area contributed by atoms with Crippen molar-refractivity contribution in [3.8, 4) is 0 Å². The van der Waals surface area contributed by atoms with Gasteiger partial charge in [0.2, 0.25) is 0 Å². The minimum Gasteiger partial charge on any atom is -0.313 e. The van der Waals surface area contributed by atoms with Crippen LogP contribution in [0.15, 0.2) is 16.6 Å².